The summed E-state index contributed by atoms with van der Waals surface area (Å²) in [4.78, 5) is 8.43. The highest BCUT2D eigenvalue weighted by Crippen LogP contribution is 2.35. The first-order valence-electron chi connectivity index (χ1n) is 6.95. The van der Waals surface area contributed by atoms with Crippen molar-refractivity contribution in [2.24, 2.45) is 0 Å². The van der Waals surface area contributed by atoms with Gasteiger partial charge in [0.1, 0.15) is 0 Å². The van der Waals surface area contributed by atoms with E-state index in [1.165, 1.54) is 11.1 Å². The third-order valence-electron chi connectivity index (χ3n) is 3.88. The van der Waals surface area contributed by atoms with Gasteiger partial charge in [-0.3, -0.25) is 0 Å². The largest absolute Gasteiger partial charge is 0.345 e. The lowest BCUT2D eigenvalue weighted by Gasteiger charge is -2.41. The molecule has 2 aromatic rings. The number of para-hydroxylation sites is 1. The minimum Gasteiger partial charge on any atom is -0.345 e. The van der Waals surface area contributed by atoms with Crippen molar-refractivity contribution in [3.05, 3.63) is 78.1 Å². The Labute approximate surface area is 118 Å². The summed E-state index contributed by atoms with van der Waals surface area (Å²) in [5.74, 6) is 0. The Morgan fingerprint density at radius 1 is 0.900 bits per heavy atom. The zero-order valence-electron chi connectivity index (χ0n) is 11.1. The first-order chi connectivity index (χ1) is 9.92. The zero-order valence-corrected chi connectivity index (χ0v) is 11.1. The molecule has 0 bridgehead atoms. The fourth-order valence-electron chi connectivity index (χ4n) is 2.83. The molecule has 2 heterocycles. The molecule has 100 valence electrons. The molecular formula is C17H16N2O. The van der Waals surface area contributed by atoms with E-state index in [1.54, 1.807) is 0 Å². The predicted octanol–water partition coefficient (Wildman–Crippen LogP) is 3.47. The maximum atomic E-state index is 6.18. The maximum absolute atomic E-state index is 6.18. The van der Waals surface area contributed by atoms with Gasteiger partial charge in [-0.1, -0.05) is 42.5 Å². The van der Waals surface area contributed by atoms with Gasteiger partial charge in [0.15, 0.2) is 6.23 Å². The zero-order chi connectivity index (χ0) is 13.4. The average Bonchev–Trinajstić information content (AvgIpc) is 2.55. The molecule has 3 nitrogen and oxygen atoms in total. The molecule has 0 radical (unpaired) electrons. The van der Waals surface area contributed by atoms with Crippen LogP contribution < -0.4 is 5.06 Å². The van der Waals surface area contributed by atoms with Gasteiger partial charge in [-0.2, -0.15) is 0 Å². The highest BCUT2D eigenvalue weighted by atomic mass is 16.7. The fourth-order valence-corrected chi connectivity index (χ4v) is 2.83. The number of nitrogens with zero attached hydrogens (tertiary/aromatic N) is 2. The van der Waals surface area contributed by atoms with E-state index in [2.05, 4.69) is 47.5 Å². The van der Waals surface area contributed by atoms with Crippen LogP contribution in [0.1, 0.15) is 17.4 Å². The summed E-state index contributed by atoms with van der Waals surface area (Å²) >= 11 is 0. The fraction of sp³-hybridized carbons (Fsp3) is 0.176. The Kier molecular flexibility index (Phi) is 2.71. The Balaban J connectivity index is 1.69. The van der Waals surface area contributed by atoms with Gasteiger partial charge in [-0.05, 0) is 24.1 Å². The van der Waals surface area contributed by atoms with Crippen LogP contribution in [0.15, 0.2) is 67.0 Å². The molecule has 0 aliphatic carbocycles. The average molecular weight is 264 g/mol. The summed E-state index contributed by atoms with van der Waals surface area (Å²) < 4.78 is 0. The van der Waals surface area contributed by atoms with Crippen molar-refractivity contribution >= 4 is 5.69 Å². The van der Waals surface area contributed by atoms with Gasteiger partial charge in [0.2, 0.25) is 0 Å². The summed E-state index contributed by atoms with van der Waals surface area (Å²) in [7, 11) is 0. The number of hydroxylamine groups is 1. The van der Waals surface area contributed by atoms with Gasteiger partial charge in [0.25, 0.3) is 0 Å². The highest BCUT2D eigenvalue weighted by Gasteiger charge is 2.30. The van der Waals surface area contributed by atoms with Crippen LogP contribution in [0.4, 0.5) is 5.69 Å². The van der Waals surface area contributed by atoms with E-state index < -0.39 is 0 Å². The van der Waals surface area contributed by atoms with Crippen molar-refractivity contribution < 1.29 is 4.84 Å². The van der Waals surface area contributed by atoms with E-state index in [9.17, 15) is 0 Å². The quantitative estimate of drug-likeness (QED) is 0.784. The van der Waals surface area contributed by atoms with Crippen molar-refractivity contribution in [2.75, 3.05) is 11.6 Å². The highest BCUT2D eigenvalue weighted by molar-refractivity contribution is 5.47. The molecule has 0 saturated carbocycles. The lowest BCUT2D eigenvalue weighted by atomic mass is 9.98. The predicted molar refractivity (Wildman–Crippen MR) is 78.7 cm³/mol. The normalized spacial score (nSPS) is 20.5. The molecule has 0 spiro atoms. The summed E-state index contributed by atoms with van der Waals surface area (Å²) in [6, 6.07) is 18.7. The van der Waals surface area contributed by atoms with Crippen molar-refractivity contribution in [1.82, 2.24) is 4.90 Å². The molecular weight excluding hydrogens is 248 g/mol. The molecule has 4 rings (SSSR count). The molecule has 0 amide bonds. The number of anilines is 1. The third kappa shape index (κ3) is 1.87. The second-order valence-corrected chi connectivity index (χ2v) is 5.10. The molecule has 0 saturated heterocycles. The summed E-state index contributed by atoms with van der Waals surface area (Å²) in [6.45, 7) is 1.00. The van der Waals surface area contributed by atoms with Crippen LogP contribution in [0.2, 0.25) is 0 Å². The van der Waals surface area contributed by atoms with Gasteiger partial charge >= 0.3 is 0 Å². The van der Waals surface area contributed by atoms with E-state index in [0.717, 1.165) is 18.7 Å². The maximum Gasteiger partial charge on any atom is 0.183 e. The lowest BCUT2D eigenvalue weighted by molar-refractivity contribution is -0.0611. The van der Waals surface area contributed by atoms with E-state index in [-0.39, 0.29) is 6.23 Å². The number of rotatable bonds is 1. The minimum absolute atomic E-state index is 0.0230. The number of hydrogen-bond donors (Lipinski definition) is 0. The second kappa shape index (κ2) is 4.69. The number of benzene rings is 2. The van der Waals surface area contributed by atoms with E-state index >= 15 is 0 Å². The van der Waals surface area contributed by atoms with E-state index in [0.29, 0.717) is 0 Å². The number of hydrogen-bond acceptors (Lipinski definition) is 3. The molecule has 0 fully saturated rings. The number of fused-ring (bicyclic) bond motifs is 3. The topological polar surface area (TPSA) is 15.7 Å². The smallest absolute Gasteiger partial charge is 0.183 e. The van der Waals surface area contributed by atoms with Gasteiger partial charge in [-0.15, -0.1) is 0 Å². The van der Waals surface area contributed by atoms with Crippen LogP contribution >= 0.6 is 0 Å². The first-order valence-corrected chi connectivity index (χ1v) is 6.95. The van der Waals surface area contributed by atoms with Crippen LogP contribution in [-0.4, -0.2) is 11.4 Å². The molecule has 2 aliphatic rings. The van der Waals surface area contributed by atoms with Crippen molar-refractivity contribution in [1.29, 1.82) is 0 Å². The molecule has 0 aromatic heterocycles. The van der Waals surface area contributed by atoms with Crippen molar-refractivity contribution in [3.63, 3.8) is 0 Å². The first kappa shape index (κ1) is 11.6. The molecule has 1 atom stereocenters. The summed E-state index contributed by atoms with van der Waals surface area (Å²) in [6.07, 6.45) is 5.16. The second-order valence-electron chi connectivity index (χ2n) is 5.10. The van der Waals surface area contributed by atoms with Crippen LogP contribution in [0.25, 0.3) is 0 Å². The monoisotopic (exact) mass is 264 g/mol. The van der Waals surface area contributed by atoms with Gasteiger partial charge in [0, 0.05) is 24.5 Å². The SMILES string of the molecule is C1=CN2CCc3ccccc3C2ON1c1ccccc1. The Morgan fingerprint density at radius 3 is 2.60 bits per heavy atom. The standard InChI is InChI=1S/C17H16N2O/c1-2-7-15(8-3-1)19-13-12-18-11-10-14-6-4-5-9-16(14)17(18)20-19/h1-9,12-13,17H,10-11H2. The third-order valence-corrected chi connectivity index (χ3v) is 3.88. The van der Waals surface area contributed by atoms with Crippen LogP contribution in [0.3, 0.4) is 0 Å². The Hall–Kier alpha value is -2.26. The molecule has 2 aliphatic heterocycles. The lowest BCUT2D eigenvalue weighted by Crippen LogP contribution is -2.40. The summed E-state index contributed by atoms with van der Waals surface area (Å²) in [5, 5.41) is 1.85. The molecule has 20 heavy (non-hydrogen) atoms. The van der Waals surface area contributed by atoms with Gasteiger partial charge < -0.3 is 4.90 Å². The molecule has 3 heteroatoms. The van der Waals surface area contributed by atoms with E-state index in [1.807, 2.05) is 29.5 Å². The van der Waals surface area contributed by atoms with Gasteiger partial charge in [-0.25, -0.2) is 9.90 Å². The molecule has 2 aromatic carbocycles. The van der Waals surface area contributed by atoms with Crippen molar-refractivity contribution in [3.8, 4) is 0 Å². The Morgan fingerprint density at radius 2 is 1.70 bits per heavy atom. The van der Waals surface area contributed by atoms with E-state index in [4.69, 9.17) is 4.84 Å². The summed E-state index contributed by atoms with van der Waals surface area (Å²) in [5.41, 5.74) is 3.70. The van der Waals surface area contributed by atoms with Gasteiger partial charge in [0.05, 0.1) is 5.69 Å². The van der Waals surface area contributed by atoms with Crippen LogP contribution in [0.5, 0.6) is 0 Å². The minimum atomic E-state index is -0.0230. The van der Waals surface area contributed by atoms with Crippen molar-refractivity contribution in [2.45, 2.75) is 12.6 Å². The molecule has 1 unspecified atom stereocenters. The molecule has 0 N–H and O–H groups in total. The van der Waals surface area contributed by atoms with Crippen LogP contribution in [-0.2, 0) is 11.3 Å². The Bertz CT molecular complexity index is 638. The van der Waals surface area contributed by atoms with Crippen LogP contribution in [0, 0.1) is 0 Å².